The Bertz CT molecular complexity index is 470. The number of fused-ring (bicyclic) bond motifs is 1. The number of carbonyl (C=O) groups excluding carboxylic acids is 1. The lowest BCUT2D eigenvalue weighted by Gasteiger charge is -1.85. The van der Waals surface area contributed by atoms with Crippen LogP contribution < -0.4 is 5.63 Å². The van der Waals surface area contributed by atoms with Gasteiger partial charge >= 0.3 is 5.63 Å². The minimum absolute atomic E-state index is 0.0891. The lowest BCUT2D eigenvalue weighted by atomic mass is 10.1. The number of aldehydes is 1. The van der Waals surface area contributed by atoms with Gasteiger partial charge in [0.1, 0.15) is 11.3 Å². The first-order valence-electron chi connectivity index (χ1n) is 3.80. The fourth-order valence-electron chi connectivity index (χ4n) is 1.22. The van der Waals surface area contributed by atoms with E-state index in [0.29, 0.717) is 17.6 Å². The van der Waals surface area contributed by atoms with E-state index in [1.54, 1.807) is 30.3 Å². The number of rotatable bonds is 1. The Morgan fingerprint density at radius 2 is 1.92 bits per heavy atom. The van der Waals surface area contributed by atoms with Crippen LogP contribution in [0, 0.1) is 0 Å². The number of carbonyl (C=O) groups is 1. The van der Waals surface area contributed by atoms with Gasteiger partial charge in [0, 0.05) is 5.56 Å². The molecule has 3 nitrogen and oxygen atoms in total. The van der Waals surface area contributed by atoms with Gasteiger partial charge in [-0.2, -0.15) is 0 Å². The smallest absolute Gasteiger partial charge is 0.347 e. The normalized spacial score (nSPS) is 10.2. The van der Waals surface area contributed by atoms with Gasteiger partial charge in [-0.3, -0.25) is 4.79 Å². The highest BCUT2D eigenvalue weighted by atomic mass is 16.4. The van der Waals surface area contributed by atoms with Crippen LogP contribution in [0.2, 0.25) is 0 Å². The molecule has 2 rings (SSSR count). The summed E-state index contributed by atoms with van der Waals surface area (Å²) in [5.74, 6) is 0.442. The Morgan fingerprint density at radius 1 is 1.15 bits per heavy atom. The zero-order valence-electron chi connectivity index (χ0n) is 6.69. The summed E-state index contributed by atoms with van der Waals surface area (Å²) in [6.07, 6.45) is 0.522. The van der Waals surface area contributed by atoms with E-state index in [1.807, 2.05) is 0 Å². The largest absolute Gasteiger partial charge is 0.422 e. The van der Waals surface area contributed by atoms with Gasteiger partial charge in [-0.15, -0.1) is 0 Å². The monoisotopic (exact) mass is 174 g/mol. The zero-order chi connectivity index (χ0) is 9.26. The van der Waals surface area contributed by atoms with Gasteiger partial charge in [0.15, 0.2) is 6.29 Å². The van der Waals surface area contributed by atoms with E-state index in [4.69, 9.17) is 4.42 Å². The van der Waals surface area contributed by atoms with E-state index >= 15 is 0 Å². The summed E-state index contributed by atoms with van der Waals surface area (Å²) in [4.78, 5) is 21.6. The highest BCUT2D eigenvalue weighted by Crippen LogP contribution is 2.21. The summed E-state index contributed by atoms with van der Waals surface area (Å²) in [6.45, 7) is 0. The molecule has 0 saturated heterocycles. The first-order chi connectivity index (χ1) is 6.33. The average molecular weight is 174 g/mol. The minimum atomic E-state index is -0.573. The van der Waals surface area contributed by atoms with Gasteiger partial charge in [-0.25, -0.2) is 4.79 Å². The van der Waals surface area contributed by atoms with Gasteiger partial charge in [0.2, 0.25) is 0 Å². The lowest BCUT2D eigenvalue weighted by Crippen LogP contribution is -1.98. The van der Waals surface area contributed by atoms with Crippen molar-refractivity contribution in [1.82, 2.24) is 0 Å². The van der Waals surface area contributed by atoms with Crippen molar-refractivity contribution in [2.45, 2.75) is 0 Å². The molecule has 0 aromatic heterocycles. The summed E-state index contributed by atoms with van der Waals surface area (Å²) < 4.78 is 4.86. The van der Waals surface area contributed by atoms with Crippen LogP contribution >= 0.6 is 0 Å². The summed E-state index contributed by atoms with van der Waals surface area (Å²) in [5.41, 5.74) is 0.0763. The number of furan rings is 1. The molecule has 2 aliphatic rings. The van der Waals surface area contributed by atoms with Crippen molar-refractivity contribution in [2.24, 2.45) is 0 Å². The second-order valence-corrected chi connectivity index (χ2v) is 2.61. The molecule has 0 atom stereocenters. The van der Waals surface area contributed by atoms with Crippen LogP contribution in [0.5, 0.6) is 0 Å². The molecule has 0 aromatic rings. The molecule has 1 aliphatic carbocycles. The number of hydrogen-bond donors (Lipinski definition) is 0. The zero-order valence-corrected chi connectivity index (χ0v) is 6.69. The first-order valence-corrected chi connectivity index (χ1v) is 3.80. The van der Waals surface area contributed by atoms with Crippen molar-refractivity contribution < 1.29 is 9.21 Å². The standard InChI is InChI=1S/C10H6O3/c11-6-8-7-4-2-1-3-5-9(7)13-10(8)12/h1-6H. The topological polar surface area (TPSA) is 47.3 Å². The van der Waals surface area contributed by atoms with E-state index in [2.05, 4.69) is 0 Å². The summed E-state index contributed by atoms with van der Waals surface area (Å²) in [6, 6.07) is 8.65. The van der Waals surface area contributed by atoms with Crippen molar-refractivity contribution in [3.05, 3.63) is 46.3 Å². The molecule has 1 aliphatic heterocycles. The third-order valence-electron chi connectivity index (χ3n) is 1.83. The minimum Gasteiger partial charge on any atom is -0.422 e. The van der Waals surface area contributed by atoms with Crippen LogP contribution in [0.3, 0.4) is 0 Å². The van der Waals surface area contributed by atoms with Crippen molar-refractivity contribution in [3.63, 3.8) is 0 Å². The maximum absolute atomic E-state index is 11.1. The molecule has 64 valence electrons. The molecule has 0 spiro atoms. The molecule has 3 heteroatoms. The highest BCUT2D eigenvalue weighted by Gasteiger charge is 2.14. The van der Waals surface area contributed by atoms with Crippen molar-refractivity contribution in [2.75, 3.05) is 0 Å². The van der Waals surface area contributed by atoms with E-state index < -0.39 is 5.63 Å². The fraction of sp³-hybridized carbons (Fsp3) is 0. The second kappa shape index (κ2) is 2.86. The van der Waals surface area contributed by atoms with Crippen molar-refractivity contribution in [1.29, 1.82) is 0 Å². The van der Waals surface area contributed by atoms with Crippen LogP contribution in [0.25, 0.3) is 11.3 Å². The van der Waals surface area contributed by atoms with Gasteiger partial charge in [-0.1, -0.05) is 24.3 Å². The molecule has 0 N–H and O–H groups in total. The highest BCUT2D eigenvalue weighted by molar-refractivity contribution is 5.86. The summed E-state index contributed by atoms with van der Waals surface area (Å²) in [5, 5.41) is 0. The molecule has 13 heavy (non-hydrogen) atoms. The van der Waals surface area contributed by atoms with Gasteiger partial charge in [0.25, 0.3) is 0 Å². The molecule has 0 fully saturated rings. The Labute approximate surface area is 74.0 Å². The SMILES string of the molecule is O=Cc1c2cccccc-2oc1=O. The van der Waals surface area contributed by atoms with Crippen LogP contribution in [-0.4, -0.2) is 6.29 Å². The summed E-state index contributed by atoms with van der Waals surface area (Å²) in [7, 11) is 0. The number of hydrogen-bond acceptors (Lipinski definition) is 3. The van der Waals surface area contributed by atoms with Crippen LogP contribution in [0.15, 0.2) is 39.5 Å². The molecule has 0 bridgehead atoms. The van der Waals surface area contributed by atoms with Gasteiger partial charge in [0.05, 0.1) is 0 Å². The molecule has 0 amide bonds. The average Bonchev–Trinajstić information content (AvgIpc) is 2.32. The predicted octanol–water partition coefficient (Wildman–Crippen LogP) is 1.56. The maximum Gasteiger partial charge on any atom is 0.347 e. The third kappa shape index (κ3) is 1.14. The van der Waals surface area contributed by atoms with Gasteiger partial charge in [-0.05, 0) is 6.07 Å². The molecular weight excluding hydrogens is 168 g/mol. The Hall–Kier alpha value is -1.90. The lowest BCUT2D eigenvalue weighted by molar-refractivity contribution is 0.112. The molecule has 0 radical (unpaired) electrons. The van der Waals surface area contributed by atoms with Crippen molar-refractivity contribution >= 4 is 6.29 Å². The molecule has 0 unspecified atom stereocenters. The summed E-state index contributed by atoms with van der Waals surface area (Å²) >= 11 is 0. The fourth-order valence-corrected chi connectivity index (χ4v) is 1.22. The Balaban J connectivity index is 2.87. The Kier molecular flexibility index (Phi) is 1.70. The predicted molar refractivity (Wildman–Crippen MR) is 47.0 cm³/mol. The van der Waals surface area contributed by atoms with Crippen LogP contribution in [0.4, 0.5) is 0 Å². The third-order valence-corrected chi connectivity index (χ3v) is 1.83. The van der Waals surface area contributed by atoms with E-state index in [0.717, 1.165) is 0 Å². The second-order valence-electron chi connectivity index (χ2n) is 2.61. The first kappa shape index (κ1) is 7.73. The van der Waals surface area contributed by atoms with E-state index in [1.165, 1.54) is 0 Å². The van der Waals surface area contributed by atoms with E-state index in [9.17, 15) is 9.59 Å². The quantitative estimate of drug-likeness (QED) is 0.616. The molecule has 0 saturated carbocycles. The molecule has 0 aromatic carbocycles. The molecule has 1 heterocycles. The van der Waals surface area contributed by atoms with Crippen LogP contribution in [0.1, 0.15) is 10.4 Å². The Morgan fingerprint density at radius 3 is 2.69 bits per heavy atom. The van der Waals surface area contributed by atoms with Crippen molar-refractivity contribution in [3.8, 4) is 11.3 Å². The molecular formula is C10H6O3. The maximum atomic E-state index is 11.1. The van der Waals surface area contributed by atoms with E-state index in [-0.39, 0.29) is 5.56 Å². The van der Waals surface area contributed by atoms with Crippen LogP contribution in [-0.2, 0) is 0 Å². The van der Waals surface area contributed by atoms with Gasteiger partial charge < -0.3 is 4.42 Å².